The highest BCUT2D eigenvalue weighted by Crippen LogP contribution is 2.04. The molecule has 1 aromatic rings. The Morgan fingerprint density at radius 2 is 2.17 bits per heavy atom. The van der Waals surface area contributed by atoms with E-state index in [4.69, 9.17) is 5.11 Å². The Bertz CT molecular complexity index is 566. The van der Waals surface area contributed by atoms with Crippen LogP contribution in [0.3, 0.4) is 0 Å². The molecule has 18 heavy (non-hydrogen) atoms. The maximum Gasteiger partial charge on any atom is 0.335 e. The van der Waals surface area contributed by atoms with Gasteiger partial charge in [-0.05, 0) is 30.7 Å². The second kappa shape index (κ2) is 6.93. The van der Waals surface area contributed by atoms with E-state index >= 15 is 0 Å². The van der Waals surface area contributed by atoms with Gasteiger partial charge in [-0.2, -0.15) is 0 Å². The smallest absolute Gasteiger partial charge is 0.335 e. The molecule has 0 unspecified atom stereocenters. The summed E-state index contributed by atoms with van der Waals surface area (Å²) >= 11 is 0. The van der Waals surface area contributed by atoms with E-state index in [1.807, 2.05) is 25.2 Å². The summed E-state index contributed by atoms with van der Waals surface area (Å²) in [6, 6.07) is 6.57. The molecule has 1 aromatic carbocycles. The third kappa shape index (κ3) is 4.54. The molecule has 0 atom stereocenters. The lowest BCUT2D eigenvalue weighted by Crippen LogP contribution is -1.95. The molecule has 2 nitrogen and oxygen atoms in total. The molecule has 0 heterocycles. The first-order chi connectivity index (χ1) is 8.63. The van der Waals surface area contributed by atoms with E-state index in [1.165, 1.54) is 0 Å². The average molecular weight is 238 g/mol. The maximum atomic E-state index is 10.8. The average Bonchev–Trinajstić information content (AvgIpc) is 2.37. The van der Waals surface area contributed by atoms with Crippen LogP contribution in [0.5, 0.6) is 0 Å². The molecule has 0 aliphatic heterocycles. The fourth-order valence-electron chi connectivity index (χ4n) is 1.22. The van der Waals surface area contributed by atoms with E-state index in [1.54, 1.807) is 30.3 Å². The number of hydrogen-bond acceptors (Lipinski definition) is 1. The highest BCUT2D eigenvalue weighted by atomic mass is 16.4. The van der Waals surface area contributed by atoms with Crippen molar-refractivity contribution in [3.8, 4) is 11.8 Å². The number of carboxylic acid groups (broad SMARTS) is 1. The highest BCUT2D eigenvalue weighted by Gasteiger charge is 2.00. The van der Waals surface area contributed by atoms with Gasteiger partial charge in [-0.1, -0.05) is 48.8 Å². The van der Waals surface area contributed by atoms with Crippen LogP contribution in [0.4, 0.5) is 0 Å². The van der Waals surface area contributed by atoms with E-state index in [0.717, 1.165) is 5.57 Å². The van der Waals surface area contributed by atoms with E-state index < -0.39 is 5.97 Å². The van der Waals surface area contributed by atoms with Crippen molar-refractivity contribution < 1.29 is 9.90 Å². The van der Waals surface area contributed by atoms with Crippen LogP contribution in [0.2, 0.25) is 0 Å². The Morgan fingerprint density at radius 3 is 2.83 bits per heavy atom. The summed E-state index contributed by atoms with van der Waals surface area (Å²) < 4.78 is 0. The molecule has 0 saturated heterocycles. The van der Waals surface area contributed by atoms with Crippen molar-refractivity contribution in [1.82, 2.24) is 0 Å². The third-order valence-electron chi connectivity index (χ3n) is 2.11. The molecule has 0 aromatic heterocycles. The Hall–Kier alpha value is -2.53. The van der Waals surface area contributed by atoms with Gasteiger partial charge in [0.05, 0.1) is 5.56 Å². The zero-order valence-corrected chi connectivity index (χ0v) is 10.2. The predicted molar refractivity (Wildman–Crippen MR) is 73.4 cm³/mol. The molecule has 0 aliphatic rings. The molecule has 2 heteroatoms. The quantitative estimate of drug-likeness (QED) is 0.647. The van der Waals surface area contributed by atoms with Gasteiger partial charge in [-0.25, -0.2) is 4.79 Å². The summed E-state index contributed by atoms with van der Waals surface area (Å²) in [6.07, 6.45) is 7.23. The van der Waals surface area contributed by atoms with Crippen LogP contribution in [0.1, 0.15) is 22.8 Å². The van der Waals surface area contributed by atoms with Crippen LogP contribution >= 0.6 is 0 Å². The lowest BCUT2D eigenvalue weighted by molar-refractivity contribution is 0.0697. The Morgan fingerprint density at radius 1 is 1.39 bits per heavy atom. The fraction of sp³-hybridized carbons (Fsp3) is 0.0625. The number of allylic oxidation sites excluding steroid dienone is 5. The van der Waals surface area contributed by atoms with E-state index in [0.29, 0.717) is 5.56 Å². The van der Waals surface area contributed by atoms with Gasteiger partial charge in [0.2, 0.25) is 0 Å². The van der Waals surface area contributed by atoms with Gasteiger partial charge in [-0.15, -0.1) is 0 Å². The van der Waals surface area contributed by atoms with Crippen LogP contribution in [0.15, 0.2) is 60.7 Å². The number of aromatic carboxylic acids is 1. The van der Waals surface area contributed by atoms with Crippen LogP contribution in [0.25, 0.3) is 0 Å². The molecule has 90 valence electrons. The minimum absolute atomic E-state index is 0.245. The molecule has 0 bridgehead atoms. The topological polar surface area (TPSA) is 37.3 Å². The molecular formula is C16H14O2. The number of rotatable bonds is 3. The first kappa shape index (κ1) is 13.5. The summed E-state index contributed by atoms with van der Waals surface area (Å²) in [5, 5.41) is 8.85. The lowest BCUT2D eigenvalue weighted by Gasteiger charge is -1.94. The van der Waals surface area contributed by atoms with Gasteiger partial charge in [0.15, 0.2) is 0 Å². The summed E-state index contributed by atoms with van der Waals surface area (Å²) in [5.41, 5.74) is 1.83. The van der Waals surface area contributed by atoms with Crippen LogP contribution in [-0.4, -0.2) is 11.1 Å². The van der Waals surface area contributed by atoms with Crippen molar-refractivity contribution in [3.05, 3.63) is 71.8 Å². The van der Waals surface area contributed by atoms with Crippen LogP contribution < -0.4 is 0 Å². The van der Waals surface area contributed by atoms with E-state index in [9.17, 15) is 4.79 Å². The summed E-state index contributed by atoms with van der Waals surface area (Å²) in [4.78, 5) is 10.8. The second-order valence-corrected chi connectivity index (χ2v) is 3.61. The SMILES string of the molecule is C=C/C=C\C=C(/C)C#Cc1cccc(C(=O)O)c1. The van der Waals surface area contributed by atoms with Gasteiger partial charge in [0.25, 0.3) is 0 Å². The standard InChI is InChI=1S/C16H14O2/c1-3-4-5-7-13(2)10-11-14-8-6-9-15(12-14)16(17)18/h3-9,12H,1H2,2H3,(H,17,18)/b5-4-,13-7+. The number of carbonyl (C=O) groups is 1. The summed E-state index contributed by atoms with van der Waals surface area (Å²) in [6.45, 7) is 5.46. The number of hydrogen-bond donors (Lipinski definition) is 1. The lowest BCUT2D eigenvalue weighted by atomic mass is 10.1. The molecular weight excluding hydrogens is 224 g/mol. The second-order valence-electron chi connectivity index (χ2n) is 3.61. The normalized spacial score (nSPS) is 10.8. The summed E-state index contributed by atoms with van der Waals surface area (Å²) in [7, 11) is 0. The molecule has 0 radical (unpaired) electrons. The van der Waals surface area contributed by atoms with Crippen LogP contribution in [0, 0.1) is 11.8 Å². The third-order valence-corrected chi connectivity index (χ3v) is 2.11. The van der Waals surface area contributed by atoms with Gasteiger partial charge in [-0.3, -0.25) is 0 Å². The Labute approximate surface area is 107 Å². The minimum Gasteiger partial charge on any atom is -0.478 e. The largest absolute Gasteiger partial charge is 0.478 e. The van der Waals surface area contributed by atoms with Crippen molar-refractivity contribution in [2.75, 3.05) is 0 Å². The van der Waals surface area contributed by atoms with Crippen molar-refractivity contribution in [2.24, 2.45) is 0 Å². The van der Waals surface area contributed by atoms with Gasteiger partial charge < -0.3 is 5.11 Å². The number of carboxylic acids is 1. The predicted octanol–water partition coefficient (Wildman–Crippen LogP) is 3.42. The van der Waals surface area contributed by atoms with E-state index in [-0.39, 0.29) is 5.56 Å². The molecule has 1 N–H and O–H groups in total. The molecule has 1 rings (SSSR count). The maximum absolute atomic E-state index is 10.8. The van der Waals surface area contributed by atoms with Crippen LogP contribution in [-0.2, 0) is 0 Å². The van der Waals surface area contributed by atoms with Gasteiger partial charge in [0, 0.05) is 5.56 Å². The highest BCUT2D eigenvalue weighted by molar-refractivity contribution is 5.88. The monoisotopic (exact) mass is 238 g/mol. The first-order valence-corrected chi connectivity index (χ1v) is 5.45. The molecule has 0 amide bonds. The molecule has 0 fully saturated rings. The zero-order chi connectivity index (χ0) is 13.4. The van der Waals surface area contributed by atoms with Crippen molar-refractivity contribution in [2.45, 2.75) is 6.92 Å². The molecule has 0 saturated carbocycles. The van der Waals surface area contributed by atoms with E-state index in [2.05, 4.69) is 18.4 Å². The van der Waals surface area contributed by atoms with Gasteiger partial charge in [0.1, 0.15) is 0 Å². The molecule has 0 aliphatic carbocycles. The van der Waals surface area contributed by atoms with Crippen molar-refractivity contribution in [3.63, 3.8) is 0 Å². The fourth-order valence-corrected chi connectivity index (χ4v) is 1.22. The van der Waals surface area contributed by atoms with Crippen molar-refractivity contribution >= 4 is 5.97 Å². The Kier molecular flexibility index (Phi) is 5.21. The van der Waals surface area contributed by atoms with Gasteiger partial charge >= 0.3 is 5.97 Å². The van der Waals surface area contributed by atoms with Crippen molar-refractivity contribution in [1.29, 1.82) is 0 Å². The summed E-state index contributed by atoms with van der Waals surface area (Å²) in [5.74, 6) is 4.94. The number of benzene rings is 1. The first-order valence-electron chi connectivity index (χ1n) is 5.45. The Balaban J connectivity index is 2.88. The zero-order valence-electron chi connectivity index (χ0n) is 10.2. The minimum atomic E-state index is -0.945. The molecule has 0 spiro atoms.